The van der Waals surface area contributed by atoms with E-state index in [2.05, 4.69) is 0 Å². The van der Waals surface area contributed by atoms with Gasteiger partial charge in [-0.1, -0.05) is 30.3 Å². The van der Waals surface area contributed by atoms with Gasteiger partial charge in [0.05, 0.1) is 4.90 Å². The van der Waals surface area contributed by atoms with E-state index in [9.17, 15) is 13.2 Å². The fourth-order valence-corrected chi connectivity index (χ4v) is 2.77. The number of ether oxygens (including phenoxy) is 1. The Balaban J connectivity index is 2.04. The number of carboxylic acids is 1. The standard InChI is InChI=1S/C15H14O5S/c16-15(17)11-21(18,19)14-8-6-13(7-9-14)20-10-12-4-2-1-3-5-12/h1-9H,10-11H2,(H,16,17). The van der Waals surface area contributed by atoms with Crippen LogP contribution in [0.1, 0.15) is 5.56 Å². The van der Waals surface area contributed by atoms with Gasteiger partial charge in [0.25, 0.3) is 0 Å². The predicted molar refractivity (Wildman–Crippen MR) is 76.9 cm³/mol. The van der Waals surface area contributed by atoms with E-state index in [4.69, 9.17) is 9.84 Å². The summed E-state index contributed by atoms with van der Waals surface area (Å²) in [7, 11) is -3.80. The Morgan fingerprint density at radius 1 is 1.00 bits per heavy atom. The highest BCUT2D eigenvalue weighted by Crippen LogP contribution is 2.18. The lowest BCUT2D eigenvalue weighted by molar-refractivity contribution is -0.134. The van der Waals surface area contributed by atoms with Gasteiger partial charge in [0, 0.05) is 0 Å². The van der Waals surface area contributed by atoms with Crippen molar-refractivity contribution in [3.05, 3.63) is 60.2 Å². The van der Waals surface area contributed by atoms with Gasteiger partial charge >= 0.3 is 5.97 Å². The van der Waals surface area contributed by atoms with Gasteiger partial charge < -0.3 is 9.84 Å². The van der Waals surface area contributed by atoms with Gasteiger partial charge in [0.2, 0.25) is 0 Å². The zero-order valence-corrected chi connectivity index (χ0v) is 11.9. The normalized spacial score (nSPS) is 11.0. The first kappa shape index (κ1) is 15.1. The lowest BCUT2D eigenvalue weighted by Crippen LogP contribution is -2.15. The van der Waals surface area contributed by atoms with Gasteiger partial charge in [0.1, 0.15) is 12.4 Å². The summed E-state index contributed by atoms with van der Waals surface area (Å²) in [5, 5.41) is 8.57. The highest BCUT2D eigenvalue weighted by molar-refractivity contribution is 7.92. The molecule has 2 aromatic rings. The second-order valence-corrected chi connectivity index (χ2v) is 6.39. The number of sulfone groups is 1. The van der Waals surface area contributed by atoms with Gasteiger partial charge in [-0.2, -0.15) is 0 Å². The first-order valence-corrected chi connectivity index (χ1v) is 7.84. The topological polar surface area (TPSA) is 80.7 Å². The zero-order valence-electron chi connectivity index (χ0n) is 11.1. The van der Waals surface area contributed by atoms with E-state index in [0.717, 1.165) is 5.56 Å². The van der Waals surface area contributed by atoms with Gasteiger partial charge in [-0.05, 0) is 29.8 Å². The lowest BCUT2D eigenvalue weighted by Gasteiger charge is -2.07. The first-order chi connectivity index (χ1) is 9.97. The van der Waals surface area contributed by atoms with E-state index in [-0.39, 0.29) is 4.90 Å². The Kier molecular flexibility index (Phi) is 4.59. The summed E-state index contributed by atoms with van der Waals surface area (Å²) in [4.78, 5) is 10.5. The molecule has 0 amide bonds. The molecule has 0 aromatic heterocycles. The molecule has 0 spiro atoms. The SMILES string of the molecule is O=C(O)CS(=O)(=O)c1ccc(OCc2ccccc2)cc1. The summed E-state index contributed by atoms with van der Waals surface area (Å²) in [6.07, 6.45) is 0. The van der Waals surface area contributed by atoms with E-state index in [1.807, 2.05) is 30.3 Å². The van der Waals surface area contributed by atoms with Crippen molar-refractivity contribution in [3.63, 3.8) is 0 Å². The first-order valence-electron chi connectivity index (χ1n) is 6.19. The average molecular weight is 306 g/mol. The van der Waals surface area contributed by atoms with Gasteiger partial charge in [-0.15, -0.1) is 0 Å². The minimum absolute atomic E-state index is 0.0306. The third-order valence-electron chi connectivity index (χ3n) is 2.74. The van der Waals surface area contributed by atoms with Crippen LogP contribution in [0.2, 0.25) is 0 Å². The fourth-order valence-electron chi connectivity index (χ4n) is 1.73. The minimum Gasteiger partial charge on any atom is -0.489 e. The quantitative estimate of drug-likeness (QED) is 0.884. The molecule has 0 fully saturated rings. The molecule has 6 heteroatoms. The molecule has 0 aliphatic rings. The van der Waals surface area contributed by atoms with Crippen molar-refractivity contribution in [2.24, 2.45) is 0 Å². The summed E-state index contributed by atoms with van der Waals surface area (Å²) in [5.74, 6) is -1.77. The molecule has 0 radical (unpaired) electrons. The third-order valence-corrected chi connectivity index (χ3v) is 4.36. The van der Waals surface area contributed by atoms with E-state index < -0.39 is 21.6 Å². The predicted octanol–water partition coefficient (Wildman–Crippen LogP) is 2.12. The van der Waals surface area contributed by atoms with Crippen molar-refractivity contribution in [1.29, 1.82) is 0 Å². The second-order valence-electron chi connectivity index (χ2n) is 4.40. The van der Waals surface area contributed by atoms with Crippen LogP contribution in [0.15, 0.2) is 59.5 Å². The lowest BCUT2D eigenvalue weighted by atomic mass is 10.2. The van der Waals surface area contributed by atoms with Crippen LogP contribution >= 0.6 is 0 Å². The van der Waals surface area contributed by atoms with E-state index >= 15 is 0 Å². The van der Waals surface area contributed by atoms with Crippen molar-refractivity contribution in [1.82, 2.24) is 0 Å². The van der Waals surface area contributed by atoms with Gasteiger partial charge in [-0.3, -0.25) is 4.79 Å². The van der Waals surface area contributed by atoms with Crippen LogP contribution in [0.25, 0.3) is 0 Å². The van der Waals surface area contributed by atoms with Crippen LogP contribution in [-0.2, 0) is 21.2 Å². The molecule has 0 aliphatic carbocycles. The number of carboxylic acid groups (broad SMARTS) is 1. The van der Waals surface area contributed by atoms with Crippen LogP contribution in [0.3, 0.4) is 0 Å². The average Bonchev–Trinajstić information content (AvgIpc) is 2.45. The van der Waals surface area contributed by atoms with E-state index in [1.165, 1.54) is 24.3 Å². The number of carbonyl (C=O) groups is 1. The smallest absolute Gasteiger partial charge is 0.319 e. The van der Waals surface area contributed by atoms with Gasteiger partial charge in [0.15, 0.2) is 15.6 Å². The second kappa shape index (κ2) is 6.41. The maximum Gasteiger partial charge on any atom is 0.319 e. The van der Waals surface area contributed by atoms with Crippen LogP contribution in [0.4, 0.5) is 0 Å². The molecule has 1 N–H and O–H groups in total. The molecule has 0 atom stereocenters. The Morgan fingerprint density at radius 3 is 2.19 bits per heavy atom. The largest absolute Gasteiger partial charge is 0.489 e. The Hall–Kier alpha value is -2.34. The third kappa shape index (κ3) is 4.32. The van der Waals surface area contributed by atoms with E-state index in [1.54, 1.807) is 0 Å². The molecular weight excluding hydrogens is 292 g/mol. The Morgan fingerprint density at radius 2 is 1.62 bits per heavy atom. The van der Waals surface area contributed by atoms with E-state index in [0.29, 0.717) is 12.4 Å². The number of aliphatic carboxylic acids is 1. The highest BCUT2D eigenvalue weighted by atomic mass is 32.2. The van der Waals surface area contributed by atoms with Crippen molar-refractivity contribution in [2.45, 2.75) is 11.5 Å². The van der Waals surface area contributed by atoms with Crippen molar-refractivity contribution >= 4 is 15.8 Å². The minimum atomic E-state index is -3.80. The number of benzene rings is 2. The van der Waals surface area contributed by atoms with Crippen LogP contribution in [0.5, 0.6) is 5.75 Å². The monoisotopic (exact) mass is 306 g/mol. The summed E-state index contributed by atoms with van der Waals surface area (Å²) < 4.78 is 29.0. The molecule has 5 nitrogen and oxygen atoms in total. The maximum atomic E-state index is 11.7. The summed E-state index contributed by atoms with van der Waals surface area (Å²) in [5.41, 5.74) is 1.00. The van der Waals surface area contributed by atoms with Crippen molar-refractivity contribution < 1.29 is 23.1 Å². The highest BCUT2D eigenvalue weighted by Gasteiger charge is 2.18. The van der Waals surface area contributed by atoms with Crippen molar-refractivity contribution in [2.75, 3.05) is 5.75 Å². The molecule has 0 aliphatic heterocycles. The molecule has 0 unspecified atom stereocenters. The number of rotatable bonds is 6. The van der Waals surface area contributed by atoms with Crippen LogP contribution < -0.4 is 4.74 Å². The van der Waals surface area contributed by atoms with Crippen LogP contribution in [0, 0.1) is 0 Å². The van der Waals surface area contributed by atoms with Crippen LogP contribution in [-0.4, -0.2) is 25.2 Å². The molecular formula is C15H14O5S. The summed E-state index contributed by atoms with van der Waals surface area (Å²) in [6.45, 7) is 0.377. The number of hydrogen-bond acceptors (Lipinski definition) is 4. The molecule has 2 rings (SSSR count). The number of hydrogen-bond donors (Lipinski definition) is 1. The zero-order chi connectivity index (χ0) is 15.3. The molecule has 2 aromatic carbocycles. The molecule has 0 heterocycles. The summed E-state index contributed by atoms with van der Waals surface area (Å²) >= 11 is 0. The maximum absolute atomic E-state index is 11.7. The fraction of sp³-hybridized carbons (Fsp3) is 0.133. The molecule has 0 bridgehead atoms. The molecule has 0 saturated heterocycles. The summed E-state index contributed by atoms with van der Waals surface area (Å²) in [6, 6.07) is 15.3. The van der Waals surface area contributed by atoms with Crippen molar-refractivity contribution in [3.8, 4) is 5.75 Å². The Bertz CT molecular complexity index is 705. The molecule has 21 heavy (non-hydrogen) atoms. The molecule has 110 valence electrons. The van der Waals surface area contributed by atoms with Gasteiger partial charge in [-0.25, -0.2) is 8.42 Å². The Labute approximate surface area is 122 Å². The molecule has 0 saturated carbocycles.